The van der Waals surface area contributed by atoms with Crippen LogP contribution in [0.4, 0.5) is 11.4 Å². The van der Waals surface area contributed by atoms with Gasteiger partial charge < -0.3 is 10.6 Å². The fourth-order valence-electron chi connectivity index (χ4n) is 2.57. The van der Waals surface area contributed by atoms with Gasteiger partial charge in [0.15, 0.2) is 4.34 Å². The number of anilines is 2. The second-order valence-corrected chi connectivity index (χ2v) is 8.93. The number of carbonyl (C=O) groups is 2. The maximum absolute atomic E-state index is 12.2. The lowest BCUT2D eigenvalue weighted by Crippen LogP contribution is -2.13. The molecule has 146 valence electrons. The van der Waals surface area contributed by atoms with Crippen LogP contribution in [0.5, 0.6) is 0 Å². The predicted molar refractivity (Wildman–Crippen MR) is 118 cm³/mol. The SMILES string of the molecule is CCC(=O)Nc1ccc2nc(SCC(=O)Nc3ccc(C(C)C)cc3)sc2c1. The second-order valence-electron chi connectivity index (χ2n) is 6.68. The van der Waals surface area contributed by atoms with Crippen LogP contribution in [-0.2, 0) is 9.59 Å². The third-order valence-electron chi connectivity index (χ3n) is 4.16. The van der Waals surface area contributed by atoms with Crippen molar-refractivity contribution in [3.63, 3.8) is 0 Å². The molecule has 0 aliphatic heterocycles. The number of hydrogen-bond acceptors (Lipinski definition) is 5. The van der Waals surface area contributed by atoms with E-state index in [4.69, 9.17) is 0 Å². The van der Waals surface area contributed by atoms with E-state index in [-0.39, 0.29) is 11.8 Å². The largest absolute Gasteiger partial charge is 0.326 e. The smallest absolute Gasteiger partial charge is 0.234 e. The molecule has 1 aromatic heterocycles. The molecular weight excluding hydrogens is 390 g/mol. The number of thioether (sulfide) groups is 1. The van der Waals surface area contributed by atoms with Crippen LogP contribution < -0.4 is 10.6 Å². The van der Waals surface area contributed by atoms with Crippen LogP contribution in [0.1, 0.15) is 38.7 Å². The van der Waals surface area contributed by atoms with E-state index in [9.17, 15) is 9.59 Å². The highest BCUT2D eigenvalue weighted by Crippen LogP contribution is 2.31. The number of hydrogen-bond donors (Lipinski definition) is 2. The van der Waals surface area contributed by atoms with Gasteiger partial charge in [-0.15, -0.1) is 11.3 Å². The van der Waals surface area contributed by atoms with E-state index >= 15 is 0 Å². The number of nitrogens with zero attached hydrogens (tertiary/aromatic N) is 1. The standard InChI is InChI=1S/C21H23N3O2S2/c1-4-19(25)23-16-9-10-17-18(11-16)28-21(24-17)27-12-20(26)22-15-7-5-14(6-8-15)13(2)3/h5-11,13H,4,12H2,1-3H3,(H,22,26)(H,23,25). The van der Waals surface area contributed by atoms with Crippen LogP contribution in [0.2, 0.25) is 0 Å². The summed E-state index contributed by atoms with van der Waals surface area (Å²) < 4.78 is 1.82. The summed E-state index contributed by atoms with van der Waals surface area (Å²) in [4.78, 5) is 28.3. The van der Waals surface area contributed by atoms with Crippen LogP contribution in [-0.4, -0.2) is 22.6 Å². The molecule has 0 saturated carbocycles. The summed E-state index contributed by atoms with van der Waals surface area (Å²) in [6.07, 6.45) is 0.442. The Balaban J connectivity index is 1.58. The van der Waals surface area contributed by atoms with Crippen LogP contribution in [0.15, 0.2) is 46.8 Å². The topological polar surface area (TPSA) is 71.1 Å². The number of benzene rings is 2. The average molecular weight is 414 g/mol. The maximum atomic E-state index is 12.2. The third kappa shape index (κ3) is 5.33. The molecule has 3 aromatic rings. The molecule has 0 fully saturated rings. The lowest BCUT2D eigenvalue weighted by Gasteiger charge is -2.08. The van der Waals surface area contributed by atoms with E-state index in [0.29, 0.717) is 18.1 Å². The van der Waals surface area contributed by atoms with Gasteiger partial charge in [-0.2, -0.15) is 0 Å². The van der Waals surface area contributed by atoms with Gasteiger partial charge in [0.25, 0.3) is 0 Å². The van der Waals surface area contributed by atoms with E-state index in [0.717, 1.165) is 25.9 Å². The van der Waals surface area contributed by atoms with Crippen molar-refractivity contribution in [3.05, 3.63) is 48.0 Å². The fraction of sp³-hybridized carbons (Fsp3) is 0.286. The number of carbonyl (C=O) groups excluding carboxylic acids is 2. The van der Waals surface area contributed by atoms with Gasteiger partial charge >= 0.3 is 0 Å². The minimum absolute atomic E-state index is 0.0171. The molecule has 2 amide bonds. The van der Waals surface area contributed by atoms with Crippen LogP contribution in [0, 0.1) is 0 Å². The van der Waals surface area contributed by atoms with Crippen molar-refractivity contribution in [1.29, 1.82) is 0 Å². The first-order chi connectivity index (χ1) is 13.4. The van der Waals surface area contributed by atoms with Crippen molar-refractivity contribution in [2.45, 2.75) is 37.4 Å². The van der Waals surface area contributed by atoms with Gasteiger partial charge in [0.2, 0.25) is 11.8 Å². The van der Waals surface area contributed by atoms with Crippen LogP contribution >= 0.6 is 23.1 Å². The minimum Gasteiger partial charge on any atom is -0.326 e. The third-order valence-corrected chi connectivity index (χ3v) is 6.32. The Morgan fingerprint density at radius 1 is 1.04 bits per heavy atom. The first kappa shape index (κ1) is 20.4. The molecule has 2 N–H and O–H groups in total. The van der Waals surface area contributed by atoms with E-state index in [1.807, 2.05) is 49.4 Å². The Bertz CT molecular complexity index is 981. The second kappa shape index (κ2) is 9.21. The minimum atomic E-state index is -0.0579. The Kier molecular flexibility index (Phi) is 6.70. The van der Waals surface area contributed by atoms with Crippen LogP contribution in [0.3, 0.4) is 0 Å². The zero-order valence-electron chi connectivity index (χ0n) is 16.1. The van der Waals surface area contributed by atoms with Gasteiger partial charge in [-0.1, -0.05) is 44.7 Å². The van der Waals surface area contributed by atoms with E-state index in [1.165, 1.54) is 28.7 Å². The molecule has 5 nitrogen and oxygen atoms in total. The van der Waals surface area contributed by atoms with Crippen molar-refractivity contribution in [1.82, 2.24) is 4.98 Å². The summed E-state index contributed by atoms with van der Waals surface area (Å²) in [6, 6.07) is 13.6. The number of fused-ring (bicyclic) bond motifs is 1. The summed E-state index contributed by atoms with van der Waals surface area (Å²) >= 11 is 2.93. The summed E-state index contributed by atoms with van der Waals surface area (Å²) in [7, 11) is 0. The van der Waals surface area contributed by atoms with E-state index in [2.05, 4.69) is 29.5 Å². The lowest BCUT2D eigenvalue weighted by atomic mass is 10.0. The summed E-state index contributed by atoms with van der Waals surface area (Å²) in [5.41, 5.74) is 3.68. The molecule has 0 aliphatic rings. The molecule has 0 aliphatic carbocycles. The Hall–Kier alpha value is -2.38. The molecule has 28 heavy (non-hydrogen) atoms. The van der Waals surface area contributed by atoms with Crippen LogP contribution in [0.25, 0.3) is 10.2 Å². The molecule has 0 atom stereocenters. The van der Waals surface area contributed by atoms with Gasteiger partial charge in [-0.05, 0) is 41.8 Å². The highest BCUT2D eigenvalue weighted by atomic mass is 32.2. The molecule has 1 heterocycles. The summed E-state index contributed by atoms with van der Waals surface area (Å²) in [5.74, 6) is 0.690. The number of nitrogens with one attached hydrogen (secondary N) is 2. The van der Waals surface area contributed by atoms with Gasteiger partial charge in [0.05, 0.1) is 16.0 Å². The van der Waals surface area contributed by atoms with Gasteiger partial charge in [0.1, 0.15) is 0 Å². The first-order valence-electron chi connectivity index (χ1n) is 9.17. The predicted octanol–water partition coefficient (Wildman–Crippen LogP) is 5.50. The van der Waals surface area contributed by atoms with E-state index < -0.39 is 0 Å². The maximum Gasteiger partial charge on any atom is 0.234 e. The molecule has 0 bridgehead atoms. The monoisotopic (exact) mass is 413 g/mol. The van der Waals surface area contributed by atoms with Gasteiger partial charge in [0, 0.05) is 17.8 Å². The van der Waals surface area contributed by atoms with Crippen molar-refractivity contribution in [2.24, 2.45) is 0 Å². The Morgan fingerprint density at radius 2 is 1.71 bits per heavy atom. The molecule has 0 spiro atoms. The number of thiazole rings is 1. The molecule has 3 rings (SSSR count). The quantitative estimate of drug-likeness (QED) is 0.502. The zero-order chi connectivity index (χ0) is 20.1. The van der Waals surface area contributed by atoms with Gasteiger partial charge in [-0.25, -0.2) is 4.98 Å². The summed E-state index contributed by atoms with van der Waals surface area (Å²) in [6.45, 7) is 6.10. The van der Waals surface area contributed by atoms with Crippen molar-refractivity contribution < 1.29 is 9.59 Å². The normalized spacial score (nSPS) is 11.0. The molecule has 0 saturated heterocycles. The summed E-state index contributed by atoms with van der Waals surface area (Å²) in [5, 5.41) is 5.77. The van der Waals surface area contributed by atoms with Crippen molar-refractivity contribution in [2.75, 3.05) is 16.4 Å². The highest BCUT2D eigenvalue weighted by Gasteiger charge is 2.10. The number of amides is 2. The van der Waals surface area contributed by atoms with Crippen molar-refractivity contribution in [3.8, 4) is 0 Å². The van der Waals surface area contributed by atoms with E-state index in [1.54, 1.807) is 0 Å². The number of aromatic nitrogens is 1. The zero-order valence-corrected chi connectivity index (χ0v) is 17.7. The Labute approximate surface area is 172 Å². The highest BCUT2D eigenvalue weighted by molar-refractivity contribution is 8.01. The number of rotatable bonds is 7. The average Bonchev–Trinajstić information content (AvgIpc) is 3.09. The molecule has 2 aromatic carbocycles. The molecule has 7 heteroatoms. The molecule has 0 radical (unpaired) electrons. The lowest BCUT2D eigenvalue weighted by molar-refractivity contribution is -0.116. The first-order valence-corrected chi connectivity index (χ1v) is 11.0. The van der Waals surface area contributed by atoms with Crippen molar-refractivity contribution >= 4 is 56.5 Å². The Morgan fingerprint density at radius 3 is 2.39 bits per heavy atom. The van der Waals surface area contributed by atoms with Gasteiger partial charge in [-0.3, -0.25) is 9.59 Å². The fourth-order valence-corrected chi connectivity index (χ4v) is 4.48. The molecule has 0 unspecified atom stereocenters. The molecular formula is C21H23N3O2S2.